The molecule has 0 atom stereocenters. The average molecular weight is 259 g/mol. The number of methoxy groups -OCH3 is 1. The zero-order valence-corrected chi connectivity index (χ0v) is 11.5. The Morgan fingerprint density at radius 3 is 2.47 bits per heavy atom. The van der Waals surface area contributed by atoms with Crippen LogP contribution in [0.4, 0.5) is 0 Å². The number of hydrogen-bond donors (Lipinski definition) is 1. The van der Waals surface area contributed by atoms with Gasteiger partial charge >= 0.3 is 5.97 Å². The van der Waals surface area contributed by atoms with E-state index in [1.54, 1.807) is 0 Å². The van der Waals surface area contributed by atoms with Crippen molar-refractivity contribution in [3.63, 3.8) is 0 Å². The first-order chi connectivity index (χ1) is 8.82. The standard InChI is InChI=1S/C15H17NO3/c1-15(2,3)9-5-6-11-10(7-9)13(17)8-12(16-11)14(18)19-4/h5-8H,1-4H3,(H,16,17). The number of esters is 1. The molecule has 19 heavy (non-hydrogen) atoms. The van der Waals surface area contributed by atoms with Crippen molar-refractivity contribution in [1.82, 2.24) is 4.98 Å². The Morgan fingerprint density at radius 1 is 1.21 bits per heavy atom. The fourth-order valence-electron chi connectivity index (χ4n) is 1.93. The minimum Gasteiger partial charge on any atom is -0.464 e. The van der Waals surface area contributed by atoms with Gasteiger partial charge in [-0.05, 0) is 23.1 Å². The van der Waals surface area contributed by atoms with Crippen LogP contribution < -0.4 is 5.43 Å². The number of rotatable bonds is 1. The molecule has 0 aliphatic rings. The monoisotopic (exact) mass is 259 g/mol. The van der Waals surface area contributed by atoms with Gasteiger partial charge in [0.05, 0.1) is 7.11 Å². The second kappa shape index (κ2) is 4.53. The molecule has 0 unspecified atom stereocenters. The molecule has 100 valence electrons. The lowest BCUT2D eigenvalue weighted by Gasteiger charge is -2.19. The number of hydrogen-bond acceptors (Lipinski definition) is 3. The Hall–Kier alpha value is -2.10. The average Bonchev–Trinajstić information content (AvgIpc) is 2.36. The molecule has 0 aliphatic carbocycles. The number of fused-ring (bicyclic) bond motifs is 1. The second-order valence-electron chi connectivity index (χ2n) is 5.55. The molecular weight excluding hydrogens is 242 g/mol. The predicted molar refractivity (Wildman–Crippen MR) is 74.6 cm³/mol. The first kappa shape index (κ1) is 13.3. The van der Waals surface area contributed by atoms with Crippen LogP contribution in [-0.4, -0.2) is 18.1 Å². The Labute approximate surface area is 111 Å². The van der Waals surface area contributed by atoms with E-state index < -0.39 is 5.97 Å². The summed E-state index contributed by atoms with van der Waals surface area (Å²) in [6.45, 7) is 6.27. The van der Waals surface area contributed by atoms with E-state index in [-0.39, 0.29) is 16.5 Å². The summed E-state index contributed by atoms with van der Waals surface area (Å²) in [7, 11) is 1.29. The number of nitrogens with one attached hydrogen (secondary N) is 1. The van der Waals surface area contributed by atoms with Gasteiger partial charge in [0.1, 0.15) is 5.69 Å². The quantitative estimate of drug-likeness (QED) is 0.801. The highest BCUT2D eigenvalue weighted by molar-refractivity contribution is 5.91. The summed E-state index contributed by atoms with van der Waals surface area (Å²) < 4.78 is 4.61. The van der Waals surface area contributed by atoms with Crippen molar-refractivity contribution < 1.29 is 9.53 Å². The van der Waals surface area contributed by atoms with Gasteiger partial charge in [-0.15, -0.1) is 0 Å². The largest absolute Gasteiger partial charge is 0.464 e. The highest BCUT2D eigenvalue weighted by Gasteiger charge is 2.16. The minimum atomic E-state index is -0.543. The first-order valence-corrected chi connectivity index (χ1v) is 6.09. The molecule has 0 saturated heterocycles. The van der Waals surface area contributed by atoms with Gasteiger partial charge in [0.15, 0.2) is 5.43 Å². The maximum atomic E-state index is 12.1. The van der Waals surface area contributed by atoms with E-state index >= 15 is 0 Å². The summed E-state index contributed by atoms with van der Waals surface area (Å²) >= 11 is 0. The van der Waals surface area contributed by atoms with Crippen molar-refractivity contribution in [3.8, 4) is 0 Å². The van der Waals surface area contributed by atoms with E-state index in [2.05, 4.69) is 30.5 Å². The SMILES string of the molecule is COC(=O)c1cc(=O)c2cc(C(C)(C)C)ccc2[nH]1. The van der Waals surface area contributed by atoms with Gasteiger partial charge < -0.3 is 9.72 Å². The van der Waals surface area contributed by atoms with Gasteiger partial charge in [0, 0.05) is 17.0 Å². The summed E-state index contributed by atoms with van der Waals surface area (Å²) in [5, 5.41) is 0.583. The van der Waals surface area contributed by atoms with Gasteiger partial charge in [-0.1, -0.05) is 26.8 Å². The van der Waals surface area contributed by atoms with Crippen LogP contribution in [0.3, 0.4) is 0 Å². The smallest absolute Gasteiger partial charge is 0.354 e. The molecule has 1 aromatic carbocycles. The highest BCUT2D eigenvalue weighted by atomic mass is 16.5. The zero-order valence-electron chi connectivity index (χ0n) is 11.5. The van der Waals surface area contributed by atoms with Crippen molar-refractivity contribution in [2.75, 3.05) is 7.11 Å². The van der Waals surface area contributed by atoms with Crippen LogP contribution in [0.5, 0.6) is 0 Å². The first-order valence-electron chi connectivity index (χ1n) is 6.09. The fraction of sp³-hybridized carbons (Fsp3) is 0.333. The third-order valence-electron chi connectivity index (χ3n) is 3.10. The molecule has 0 aliphatic heterocycles. The van der Waals surface area contributed by atoms with Gasteiger partial charge in [-0.3, -0.25) is 4.79 Å². The van der Waals surface area contributed by atoms with E-state index in [9.17, 15) is 9.59 Å². The van der Waals surface area contributed by atoms with Gasteiger partial charge in [-0.25, -0.2) is 4.79 Å². The molecular formula is C15H17NO3. The van der Waals surface area contributed by atoms with E-state index in [1.165, 1.54) is 13.2 Å². The maximum absolute atomic E-state index is 12.1. The fourth-order valence-corrected chi connectivity index (χ4v) is 1.93. The van der Waals surface area contributed by atoms with Gasteiger partial charge in [-0.2, -0.15) is 0 Å². The topological polar surface area (TPSA) is 59.2 Å². The van der Waals surface area contributed by atoms with Crippen LogP contribution in [-0.2, 0) is 10.2 Å². The molecule has 2 aromatic rings. The van der Waals surface area contributed by atoms with Crippen molar-refractivity contribution in [2.45, 2.75) is 26.2 Å². The molecule has 2 rings (SSSR count). The van der Waals surface area contributed by atoms with Gasteiger partial charge in [0.2, 0.25) is 0 Å². The van der Waals surface area contributed by atoms with Crippen LogP contribution >= 0.6 is 0 Å². The lowest BCUT2D eigenvalue weighted by atomic mass is 9.86. The number of carbonyl (C=O) groups is 1. The van der Waals surface area contributed by atoms with Crippen molar-refractivity contribution in [3.05, 3.63) is 45.7 Å². The third kappa shape index (κ3) is 2.52. The Bertz CT molecular complexity index is 693. The van der Waals surface area contributed by atoms with Crippen LogP contribution in [0.15, 0.2) is 29.1 Å². The van der Waals surface area contributed by atoms with Crippen molar-refractivity contribution >= 4 is 16.9 Å². The third-order valence-corrected chi connectivity index (χ3v) is 3.10. The molecule has 0 spiro atoms. The molecule has 1 N–H and O–H groups in total. The van der Waals surface area contributed by atoms with Crippen LogP contribution in [0.25, 0.3) is 10.9 Å². The number of H-pyrrole nitrogens is 1. The number of aromatic nitrogens is 1. The van der Waals surface area contributed by atoms with E-state index in [1.807, 2.05) is 18.2 Å². The summed E-state index contributed by atoms with van der Waals surface area (Å²) in [6, 6.07) is 6.93. The Kier molecular flexibility index (Phi) is 3.18. The Balaban J connectivity index is 2.67. The molecule has 0 amide bonds. The molecule has 4 heteroatoms. The van der Waals surface area contributed by atoms with Crippen LogP contribution in [0.1, 0.15) is 36.8 Å². The number of benzene rings is 1. The van der Waals surface area contributed by atoms with E-state index in [4.69, 9.17) is 0 Å². The van der Waals surface area contributed by atoms with Crippen LogP contribution in [0, 0.1) is 0 Å². The normalized spacial score (nSPS) is 11.6. The highest BCUT2D eigenvalue weighted by Crippen LogP contribution is 2.24. The summed E-state index contributed by atoms with van der Waals surface area (Å²) in [4.78, 5) is 26.4. The molecule has 0 saturated carbocycles. The lowest BCUT2D eigenvalue weighted by Crippen LogP contribution is -2.14. The predicted octanol–water partition coefficient (Wildman–Crippen LogP) is 2.61. The number of carbonyl (C=O) groups excluding carboxylic acids is 1. The van der Waals surface area contributed by atoms with E-state index in [0.29, 0.717) is 10.9 Å². The number of pyridine rings is 1. The Morgan fingerprint density at radius 2 is 1.89 bits per heavy atom. The molecule has 1 heterocycles. The van der Waals surface area contributed by atoms with Crippen molar-refractivity contribution in [1.29, 1.82) is 0 Å². The number of aromatic amines is 1. The zero-order chi connectivity index (χ0) is 14.2. The minimum absolute atomic E-state index is 0.0261. The summed E-state index contributed by atoms with van der Waals surface area (Å²) in [5.41, 5.74) is 1.68. The molecule has 4 nitrogen and oxygen atoms in total. The molecule has 0 radical (unpaired) electrons. The van der Waals surface area contributed by atoms with E-state index in [0.717, 1.165) is 5.56 Å². The summed E-state index contributed by atoms with van der Waals surface area (Å²) in [5.74, 6) is -0.543. The molecule has 0 fully saturated rings. The number of ether oxygens (including phenoxy) is 1. The van der Waals surface area contributed by atoms with Crippen molar-refractivity contribution in [2.24, 2.45) is 0 Å². The van der Waals surface area contributed by atoms with Crippen LogP contribution in [0.2, 0.25) is 0 Å². The molecule has 0 bridgehead atoms. The summed E-state index contributed by atoms with van der Waals surface area (Å²) in [6.07, 6.45) is 0. The second-order valence-corrected chi connectivity index (χ2v) is 5.55. The molecule has 1 aromatic heterocycles. The lowest BCUT2D eigenvalue weighted by molar-refractivity contribution is 0.0594. The maximum Gasteiger partial charge on any atom is 0.354 e. The van der Waals surface area contributed by atoms with Gasteiger partial charge in [0.25, 0.3) is 0 Å².